The molecule has 3 N–H and O–H groups in total. The van der Waals surface area contributed by atoms with E-state index in [2.05, 4.69) is 0 Å². The Kier molecular flexibility index (Phi) is 2.89. The predicted molar refractivity (Wildman–Crippen MR) is 58.4 cm³/mol. The minimum absolute atomic E-state index is 0.0798. The maximum Gasteiger partial charge on any atom is 0.134 e. The zero-order valence-electron chi connectivity index (χ0n) is 8.15. The number of phenolic OH excluding ortho intramolecular Hbond substituents is 1. The summed E-state index contributed by atoms with van der Waals surface area (Å²) in [5, 5.41) is 11.3. The highest BCUT2D eigenvalue weighted by Gasteiger charge is 2.19. The van der Waals surface area contributed by atoms with E-state index < -0.39 is 23.4 Å². The summed E-state index contributed by atoms with van der Waals surface area (Å²) in [5.74, 6) is -2.12. The minimum Gasteiger partial charge on any atom is -0.507 e. The smallest absolute Gasteiger partial charge is 0.134 e. The van der Waals surface area contributed by atoms with Crippen LogP contribution in [0.3, 0.4) is 0 Å². The summed E-state index contributed by atoms with van der Waals surface area (Å²) >= 11 is 1.35. The Labute approximate surface area is 95.0 Å². The van der Waals surface area contributed by atoms with Crippen LogP contribution in [0.5, 0.6) is 5.75 Å². The van der Waals surface area contributed by atoms with Gasteiger partial charge in [-0.1, -0.05) is 6.07 Å². The minimum atomic E-state index is -0.835. The summed E-state index contributed by atoms with van der Waals surface area (Å²) in [7, 11) is 0. The van der Waals surface area contributed by atoms with Gasteiger partial charge >= 0.3 is 0 Å². The summed E-state index contributed by atoms with van der Waals surface area (Å²) in [6.07, 6.45) is 0. The van der Waals surface area contributed by atoms with Gasteiger partial charge in [-0.25, -0.2) is 8.78 Å². The molecule has 16 heavy (non-hydrogen) atoms. The number of hydrogen-bond acceptors (Lipinski definition) is 3. The van der Waals surface area contributed by atoms with Crippen molar-refractivity contribution in [2.75, 3.05) is 0 Å². The van der Waals surface area contributed by atoms with Crippen molar-refractivity contribution in [3.05, 3.63) is 51.7 Å². The molecule has 0 spiro atoms. The maximum atomic E-state index is 13.5. The van der Waals surface area contributed by atoms with Crippen LogP contribution in [0.15, 0.2) is 29.6 Å². The van der Waals surface area contributed by atoms with Gasteiger partial charge in [-0.2, -0.15) is 0 Å². The highest BCUT2D eigenvalue weighted by atomic mass is 32.1. The first-order valence-electron chi connectivity index (χ1n) is 4.56. The average Bonchev–Trinajstić information content (AvgIpc) is 2.67. The van der Waals surface area contributed by atoms with E-state index in [0.29, 0.717) is 10.9 Å². The van der Waals surface area contributed by atoms with Crippen LogP contribution in [0, 0.1) is 11.6 Å². The van der Waals surface area contributed by atoms with Crippen molar-refractivity contribution in [2.24, 2.45) is 5.73 Å². The largest absolute Gasteiger partial charge is 0.507 e. The monoisotopic (exact) mass is 241 g/mol. The summed E-state index contributed by atoms with van der Waals surface area (Å²) in [5.41, 5.74) is 5.72. The molecule has 0 aliphatic heterocycles. The Morgan fingerprint density at radius 1 is 1.31 bits per heavy atom. The molecule has 0 saturated carbocycles. The number of benzene rings is 1. The molecule has 1 aromatic carbocycles. The molecule has 1 atom stereocenters. The van der Waals surface area contributed by atoms with Crippen molar-refractivity contribution in [1.82, 2.24) is 0 Å². The van der Waals surface area contributed by atoms with E-state index in [1.807, 2.05) is 0 Å². The molecule has 0 bridgehead atoms. The Morgan fingerprint density at radius 3 is 2.62 bits per heavy atom. The molecular weight excluding hydrogens is 232 g/mol. The lowest BCUT2D eigenvalue weighted by molar-refractivity contribution is 0.446. The van der Waals surface area contributed by atoms with Gasteiger partial charge in [0.2, 0.25) is 0 Å². The lowest BCUT2D eigenvalue weighted by Crippen LogP contribution is -2.12. The van der Waals surface area contributed by atoms with Gasteiger partial charge in [0.05, 0.1) is 11.6 Å². The molecule has 2 nitrogen and oxygen atoms in total. The first-order valence-corrected chi connectivity index (χ1v) is 5.44. The topological polar surface area (TPSA) is 46.2 Å². The fourth-order valence-electron chi connectivity index (χ4n) is 1.49. The second-order valence-corrected chi connectivity index (χ2v) is 4.29. The third-order valence-electron chi connectivity index (χ3n) is 2.23. The van der Waals surface area contributed by atoms with Crippen molar-refractivity contribution in [3.63, 3.8) is 0 Å². The zero-order chi connectivity index (χ0) is 11.7. The van der Waals surface area contributed by atoms with Crippen LogP contribution < -0.4 is 5.73 Å². The highest BCUT2D eigenvalue weighted by Crippen LogP contribution is 2.32. The molecule has 0 aliphatic carbocycles. The number of nitrogens with two attached hydrogens (primary N) is 1. The van der Waals surface area contributed by atoms with Crippen molar-refractivity contribution >= 4 is 11.3 Å². The van der Waals surface area contributed by atoms with Crippen LogP contribution in [0.1, 0.15) is 16.5 Å². The Balaban J connectivity index is 2.48. The van der Waals surface area contributed by atoms with E-state index in [0.717, 1.165) is 6.07 Å². The van der Waals surface area contributed by atoms with Gasteiger partial charge in [0, 0.05) is 17.0 Å². The van der Waals surface area contributed by atoms with Crippen molar-refractivity contribution in [2.45, 2.75) is 6.04 Å². The number of thiophene rings is 1. The molecule has 2 aromatic rings. The molecule has 1 aromatic heterocycles. The van der Waals surface area contributed by atoms with Crippen molar-refractivity contribution < 1.29 is 13.9 Å². The third-order valence-corrected chi connectivity index (χ3v) is 3.19. The fourth-order valence-corrected chi connectivity index (χ4v) is 2.23. The van der Waals surface area contributed by atoms with Crippen molar-refractivity contribution in [1.29, 1.82) is 0 Å². The number of phenols is 1. The number of aromatic hydroxyl groups is 1. The second kappa shape index (κ2) is 4.19. The van der Waals surface area contributed by atoms with E-state index in [1.54, 1.807) is 17.5 Å². The Morgan fingerprint density at radius 2 is 2.06 bits per heavy atom. The van der Waals surface area contributed by atoms with Gasteiger partial charge < -0.3 is 10.8 Å². The molecule has 0 radical (unpaired) electrons. The van der Waals surface area contributed by atoms with E-state index >= 15 is 0 Å². The van der Waals surface area contributed by atoms with Gasteiger partial charge in [-0.3, -0.25) is 0 Å². The fraction of sp³-hybridized carbons (Fsp3) is 0.0909. The van der Waals surface area contributed by atoms with Crippen LogP contribution >= 0.6 is 11.3 Å². The molecule has 0 aliphatic rings. The summed E-state index contributed by atoms with van der Waals surface area (Å²) < 4.78 is 26.3. The number of hydrogen-bond donors (Lipinski definition) is 2. The van der Waals surface area contributed by atoms with Crippen LogP contribution in [0.4, 0.5) is 8.78 Å². The van der Waals surface area contributed by atoms with Crippen LogP contribution in [0.25, 0.3) is 0 Å². The number of rotatable bonds is 2. The van der Waals surface area contributed by atoms with Gasteiger partial charge in [0.1, 0.15) is 17.4 Å². The molecule has 0 fully saturated rings. The van der Waals surface area contributed by atoms with E-state index in [-0.39, 0.29) is 5.56 Å². The lowest BCUT2D eigenvalue weighted by atomic mass is 10.0. The molecule has 2 rings (SSSR count). The first-order chi connectivity index (χ1) is 7.59. The maximum absolute atomic E-state index is 13.5. The molecule has 0 unspecified atom stereocenters. The summed E-state index contributed by atoms with van der Waals surface area (Å²) in [6, 6.07) is 4.30. The zero-order valence-corrected chi connectivity index (χ0v) is 8.97. The highest BCUT2D eigenvalue weighted by molar-refractivity contribution is 7.10. The molecule has 1 heterocycles. The van der Waals surface area contributed by atoms with Crippen LogP contribution in [0.2, 0.25) is 0 Å². The normalized spacial score (nSPS) is 12.7. The van der Waals surface area contributed by atoms with Crippen LogP contribution in [-0.2, 0) is 0 Å². The van der Waals surface area contributed by atoms with Crippen molar-refractivity contribution in [3.8, 4) is 5.75 Å². The van der Waals surface area contributed by atoms with E-state index in [9.17, 15) is 13.9 Å². The second-order valence-electron chi connectivity index (χ2n) is 3.31. The van der Waals surface area contributed by atoms with E-state index in [1.165, 1.54) is 11.3 Å². The number of halogens is 2. The van der Waals surface area contributed by atoms with Gasteiger partial charge in [0.25, 0.3) is 0 Å². The molecule has 84 valence electrons. The molecule has 0 amide bonds. The lowest BCUT2D eigenvalue weighted by Gasteiger charge is -2.13. The summed E-state index contributed by atoms with van der Waals surface area (Å²) in [4.78, 5) is 0.709. The van der Waals surface area contributed by atoms with Gasteiger partial charge in [0.15, 0.2) is 0 Å². The Bertz CT molecular complexity index is 476. The van der Waals surface area contributed by atoms with Gasteiger partial charge in [-0.15, -0.1) is 11.3 Å². The quantitative estimate of drug-likeness (QED) is 0.849. The third kappa shape index (κ3) is 1.91. The molecule has 5 heteroatoms. The van der Waals surface area contributed by atoms with Gasteiger partial charge in [-0.05, 0) is 11.4 Å². The van der Waals surface area contributed by atoms with Crippen LogP contribution in [-0.4, -0.2) is 5.11 Å². The van der Waals surface area contributed by atoms with E-state index in [4.69, 9.17) is 5.73 Å². The molecule has 0 saturated heterocycles. The standard InChI is InChI=1S/C11H9F2NOS/c12-6-4-7(13)10(8(15)5-6)11(14)9-2-1-3-16-9/h1-5,11,15H,14H2/t11-/m0/s1. The molecular formula is C11H9F2NOS. The predicted octanol–water partition coefficient (Wildman–Crippen LogP) is 2.78. The first kappa shape index (κ1) is 11.0. The summed E-state index contributed by atoms with van der Waals surface area (Å²) in [6.45, 7) is 0. The Hall–Kier alpha value is -1.46. The average molecular weight is 241 g/mol. The SMILES string of the molecule is N[C@@H](c1cccs1)c1c(O)cc(F)cc1F.